The molecule has 0 amide bonds. The summed E-state index contributed by atoms with van der Waals surface area (Å²) < 4.78 is 5.44. The molecule has 0 saturated heterocycles. The first kappa shape index (κ1) is 11.5. The van der Waals surface area contributed by atoms with Crippen LogP contribution in [0.5, 0.6) is 5.75 Å². The highest BCUT2D eigenvalue weighted by atomic mass is 16.5. The minimum absolute atomic E-state index is 0.681. The van der Waals surface area contributed by atoms with Crippen molar-refractivity contribution < 1.29 is 4.74 Å². The molecule has 1 saturated carbocycles. The maximum absolute atomic E-state index is 5.44. The first-order chi connectivity index (χ1) is 7.85. The molecule has 0 aliphatic heterocycles. The van der Waals surface area contributed by atoms with Crippen LogP contribution in [0.15, 0.2) is 24.3 Å². The van der Waals surface area contributed by atoms with E-state index in [-0.39, 0.29) is 0 Å². The Morgan fingerprint density at radius 1 is 1.12 bits per heavy atom. The summed E-state index contributed by atoms with van der Waals surface area (Å²) in [6, 6.07) is 9.15. The van der Waals surface area contributed by atoms with Crippen LogP contribution in [0.4, 0.5) is 0 Å². The molecule has 0 atom stereocenters. The largest absolute Gasteiger partial charge is 0.496 e. The number of methoxy groups -OCH3 is 1. The van der Waals surface area contributed by atoms with Crippen molar-refractivity contribution in [2.45, 2.75) is 37.6 Å². The van der Waals surface area contributed by atoms with Gasteiger partial charge in [0.05, 0.1) is 7.11 Å². The Balaban J connectivity index is 2.07. The van der Waals surface area contributed by atoms with Gasteiger partial charge in [0.15, 0.2) is 0 Å². The minimum atomic E-state index is 0.681. The van der Waals surface area contributed by atoms with E-state index < -0.39 is 0 Å². The van der Waals surface area contributed by atoms with Crippen LogP contribution in [0.25, 0.3) is 0 Å². The zero-order valence-corrected chi connectivity index (χ0v) is 10.2. The standard InChI is InChI=1S/C14H21NO/c1-15-12-9-7-11(8-10-12)13-5-3-4-6-14(13)16-2/h3-6,11-12,15H,7-10H2,1-2H3. The summed E-state index contributed by atoms with van der Waals surface area (Å²) in [4.78, 5) is 0. The smallest absolute Gasteiger partial charge is 0.122 e. The molecule has 1 N–H and O–H groups in total. The van der Waals surface area contributed by atoms with Crippen LogP contribution < -0.4 is 10.1 Å². The van der Waals surface area contributed by atoms with Crippen LogP contribution in [0.1, 0.15) is 37.2 Å². The normalized spacial score (nSPS) is 25.4. The number of nitrogens with one attached hydrogen (secondary N) is 1. The second-order valence-corrected chi connectivity index (χ2v) is 4.58. The van der Waals surface area contributed by atoms with Gasteiger partial charge in [-0.1, -0.05) is 18.2 Å². The average Bonchev–Trinajstić information content (AvgIpc) is 2.39. The second-order valence-electron chi connectivity index (χ2n) is 4.58. The summed E-state index contributed by atoms with van der Waals surface area (Å²) >= 11 is 0. The summed E-state index contributed by atoms with van der Waals surface area (Å²) in [5, 5.41) is 3.37. The Labute approximate surface area is 98.0 Å². The van der Waals surface area contributed by atoms with Gasteiger partial charge in [0, 0.05) is 6.04 Å². The Morgan fingerprint density at radius 2 is 1.81 bits per heavy atom. The fourth-order valence-electron chi connectivity index (χ4n) is 2.70. The topological polar surface area (TPSA) is 21.3 Å². The van der Waals surface area contributed by atoms with E-state index in [4.69, 9.17) is 4.74 Å². The zero-order valence-electron chi connectivity index (χ0n) is 10.2. The van der Waals surface area contributed by atoms with E-state index in [1.54, 1.807) is 7.11 Å². The molecule has 1 aromatic carbocycles. The molecule has 2 nitrogen and oxygen atoms in total. The molecular formula is C14H21NO. The fraction of sp³-hybridized carbons (Fsp3) is 0.571. The van der Waals surface area contributed by atoms with Gasteiger partial charge < -0.3 is 10.1 Å². The third-order valence-corrected chi connectivity index (χ3v) is 3.71. The van der Waals surface area contributed by atoms with E-state index in [9.17, 15) is 0 Å². The molecule has 0 unspecified atom stereocenters. The van der Waals surface area contributed by atoms with Crippen LogP contribution >= 0.6 is 0 Å². The van der Waals surface area contributed by atoms with Crippen LogP contribution in [0, 0.1) is 0 Å². The van der Waals surface area contributed by atoms with Crippen molar-refractivity contribution in [1.82, 2.24) is 5.32 Å². The Morgan fingerprint density at radius 3 is 2.44 bits per heavy atom. The summed E-state index contributed by atoms with van der Waals surface area (Å²) in [7, 11) is 3.83. The summed E-state index contributed by atoms with van der Waals surface area (Å²) in [5.41, 5.74) is 1.39. The van der Waals surface area contributed by atoms with Gasteiger partial charge in [-0.05, 0) is 50.3 Å². The lowest BCUT2D eigenvalue weighted by Crippen LogP contribution is -2.29. The van der Waals surface area contributed by atoms with Crippen molar-refractivity contribution in [1.29, 1.82) is 0 Å². The van der Waals surface area contributed by atoms with Gasteiger partial charge in [-0.3, -0.25) is 0 Å². The number of hydrogen-bond donors (Lipinski definition) is 1. The summed E-state index contributed by atoms with van der Waals surface area (Å²) in [5.74, 6) is 1.73. The van der Waals surface area contributed by atoms with Crippen molar-refractivity contribution in [2.75, 3.05) is 14.2 Å². The molecule has 0 spiro atoms. The van der Waals surface area contributed by atoms with Crippen molar-refractivity contribution in [3.8, 4) is 5.75 Å². The number of para-hydroxylation sites is 1. The van der Waals surface area contributed by atoms with Crippen molar-refractivity contribution >= 4 is 0 Å². The first-order valence-electron chi connectivity index (χ1n) is 6.15. The molecule has 2 heteroatoms. The Hall–Kier alpha value is -1.02. The Bertz CT molecular complexity index is 329. The average molecular weight is 219 g/mol. The van der Waals surface area contributed by atoms with Crippen molar-refractivity contribution in [3.63, 3.8) is 0 Å². The van der Waals surface area contributed by atoms with Crippen LogP contribution in [-0.2, 0) is 0 Å². The quantitative estimate of drug-likeness (QED) is 0.844. The van der Waals surface area contributed by atoms with Gasteiger partial charge >= 0.3 is 0 Å². The highest BCUT2D eigenvalue weighted by Gasteiger charge is 2.23. The molecule has 1 aromatic rings. The van der Waals surface area contributed by atoms with Crippen molar-refractivity contribution in [3.05, 3.63) is 29.8 Å². The number of benzene rings is 1. The molecule has 0 aromatic heterocycles. The van der Waals surface area contributed by atoms with Crippen LogP contribution in [-0.4, -0.2) is 20.2 Å². The van der Waals surface area contributed by atoms with E-state index in [1.165, 1.54) is 31.2 Å². The molecule has 0 bridgehead atoms. The minimum Gasteiger partial charge on any atom is -0.496 e. The van der Waals surface area contributed by atoms with Crippen molar-refractivity contribution in [2.24, 2.45) is 0 Å². The molecule has 88 valence electrons. The van der Waals surface area contributed by atoms with Crippen LogP contribution in [0.3, 0.4) is 0 Å². The lowest BCUT2D eigenvalue weighted by atomic mass is 9.81. The van der Waals surface area contributed by atoms with E-state index in [2.05, 4.69) is 30.6 Å². The predicted molar refractivity (Wildman–Crippen MR) is 67.1 cm³/mol. The highest BCUT2D eigenvalue weighted by molar-refractivity contribution is 5.36. The molecule has 1 fully saturated rings. The molecular weight excluding hydrogens is 198 g/mol. The number of ether oxygens (including phenoxy) is 1. The lowest BCUT2D eigenvalue weighted by molar-refractivity contribution is 0.345. The van der Waals surface area contributed by atoms with E-state index in [0.29, 0.717) is 12.0 Å². The molecule has 0 heterocycles. The lowest BCUT2D eigenvalue weighted by Gasteiger charge is -2.29. The van der Waals surface area contributed by atoms with Gasteiger partial charge in [-0.2, -0.15) is 0 Å². The van der Waals surface area contributed by atoms with E-state index in [1.807, 2.05) is 6.07 Å². The van der Waals surface area contributed by atoms with Gasteiger partial charge in [0.2, 0.25) is 0 Å². The number of hydrogen-bond acceptors (Lipinski definition) is 2. The highest BCUT2D eigenvalue weighted by Crippen LogP contribution is 2.37. The van der Waals surface area contributed by atoms with E-state index in [0.717, 1.165) is 5.75 Å². The molecule has 0 radical (unpaired) electrons. The van der Waals surface area contributed by atoms with Gasteiger partial charge in [-0.25, -0.2) is 0 Å². The third-order valence-electron chi connectivity index (χ3n) is 3.71. The van der Waals surface area contributed by atoms with Gasteiger partial charge in [0.25, 0.3) is 0 Å². The maximum Gasteiger partial charge on any atom is 0.122 e. The summed E-state index contributed by atoms with van der Waals surface area (Å²) in [6.07, 6.45) is 5.09. The number of rotatable bonds is 3. The van der Waals surface area contributed by atoms with E-state index >= 15 is 0 Å². The predicted octanol–water partition coefficient (Wildman–Crippen LogP) is 2.94. The van der Waals surface area contributed by atoms with Gasteiger partial charge in [0.1, 0.15) is 5.75 Å². The summed E-state index contributed by atoms with van der Waals surface area (Å²) in [6.45, 7) is 0. The molecule has 1 aliphatic rings. The molecule has 2 rings (SSSR count). The maximum atomic E-state index is 5.44. The first-order valence-corrected chi connectivity index (χ1v) is 6.15. The Kier molecular flexibility index (Phi) is 3.83. The molecule has 16 heavy (non-hydrogen) atoms. The third kappa shape index (κ3) is 2.38. The second kappa shape index (κ2) is 5.35. The fourth-order valence-corrected chi connectivity index (χ4v) is 2.70. The molecule has 1 aliphatic carbocycles. The SMILES string of the molecule is CNC1CCC(c2ccccc2OC)CC1. The monoisotopic (exact) mass is 219 g/mol. The zero-order chi connectivity index (χ0) is 11.4. The van der Waals surface area contributed by atoms with Gasteiger partial charge in [-0.15, -0.1) is 0 Å². The van der Waals surface area contributed by atoms with Crippen LogP contribution in [0.2, 0.25) is 0 Å².